The molecule has 2 rings (SSSR count). The van der Waals surface area contributed by atoms with Crippen LogP contribution in [0.1, 0.15) is 5.69 Å². The normalized spacial score (nSPS) is 11.4. The second kappa shape index (κ2) is 5.45. The Bertz CT molecular complexity index is 740. The Kier molecular flexibility index (Phi) is 4.05. The first-order valence-corrected chi connectivity index (χ1v) is 7.83. The van der Waals surface area contributed by atoms with Gasteiger partial charge in [0.2, 0.25) is 0 Å². The number of methoxy groups -OCH3 is 2. The van der Waals surface area contributed by atoms with Crippen LogP contribution in [0.4, 0.5) is 0 Å². The zero-order chi connectivity index (χ0) is 14.9. The van der Waals surface area contributed by atoms with Gasteiger partial charge in [0.05, 0.1) is 24.4 Å². The van der Waals surface area contributed by atoms with Crippen LogP contribution in [0, 0.1) is 6.92 Å². The van der Waals surface area contributed by atoms with Gasteiger partial charge in [-0.05, 0) is 35.0 Å². The third-order valence-electron chi connectivity index (χ3n) is 2.66. The van der Waals surface area contributed by atoms with Crippen molar-refractivity contribution in [1.29, 1.82) is 0 Å². The van der Waals surface area contributed by atoms with Crippen LogP contribution in [0.5, 0.6) is 11.5 Å². The second-order valence-corrected chi connectivity index (χ2v) is 6.59. The van der Waals surface area contributed by atoms with Gasteiger partial charge in [-0.25, -0.2) is 0 Å². The van der Waals surface area contributed by atoms with E-state index in [-0.39, 0.29) is 10.6 Å². The number of hydrogen-bond acceptors (Lipinski definition) is 5. The molecule has 0 fully saturated rings. The van der Waals surface area contributed by atoms with Gasteiger partial charge >= 0.3 is 0 Å². The lowest BCUT2D eigenvalue weighted by molar-refractivity contribution is 0.390. The third-order valence-corrected chi connectivity index (χ3v) is 4.85. The van der Waals surface area contributed by atoms with Gasteiger partial charge in [0, 0.05) is 12.3 Å². The number of benzene rings is 1. The van der Waals surface area contributed by atoms with E-state index in [4.69, 9.17) is 9.47 Å². The van der Waals surface area contributed by atoms with E-state index < -0.39 is 10.0 Å². The Morgan fingerprint density at radius 1 is 1.20 bits per heavy atom. The number of halogens is 1. The molecule has 1 aromatic heterocycles. The molecule has 0 aliphatic rings. The predicted octanol–water partition coefficient (Wildman–Crippen LogP) is 2.21. The number of aryl methyl sites for hydroxylation is 1. The van der Waals surface area contributed by atoms with E-state index >= 15 is 0 Å². The molecule has 1 heterocycles. The van der Waals surface area contributed by atoms with Gasteiger partial charge < -0.3 is 9.47 Å². The predicted molar refractivity (Wildman–Crippen MR) is 76.8 cm³/mol. The highest BCUT2D eigenvalue weighted by Crippen LogP contribution is 2.35. The highest BCUT2D eigenvalue weighted by Gasteiger charge is 2.24. The lowest BCUT2D eigenvalue weighted by Crippen LogP contribution is -2.15. The van der Waals surface area contributed by atoms with Crippen molar-refractivity contribution in [2.45, 2.75) is 11.8 Å². The SMILES string of the molecule is COc1cc(S(=O)(=O)n2ccc(C)n2)c(OC)cc1Br. The fourth-order valence-corrected chi connectivity index (χ4v) is 3.46. The van der Waals surface area contributed by atoms with Crippen molar-refractivity contribution in [1.82, 2.24) is 9.19 Å². The van der Waals surface area contributed by atoms with Crippen LogP contribution in [0.3, 0.4) is 0 Å². The maximum atomic E-state index is 12.6. The van der Waals surface area contributed by atoms with Gasteiger partial charge in [-0.1, -0.05) is 0 Å². The first kappa shape index (κ1) is 14.9. The minimum absolute atomic E-state index is 0.0110. The lowest BCUT2D eigenvalue weighted by atomic mass is 10.3. The first-order valence-electron chi connectivity index (χ1n) is 5.59. The van der Waals surface area contributed by atoms with E-state index in [1.165, 1.54) is 26.5 Å². The molecule has 0 radical (unpaired) electrons. The van der Waals surface area contributed by atoms with Crippen LogP contribution in [0.15, 0.2) is 33.8 Å². The van der Waals surface area contributed by atoms with Crippen LogP contribution in [-0.4, -0.2) is 31.8 Å². The summed E-state index contributed by atoms with van der Waals surface area (Å²) in [7, 11) is -0.967. The number of ether oxygens (including phenoxy) is 2. The smallest absolute Gasteiger partial charge is 0.286 e. The fraction of sp³-hybridized carbons (Fsp3) is 0.250. The maximum Gasteiger partial charge on any atom is 0.286 e. The summed E-state index contributed by atoms with van der Waals surface area (Å²) in [6.07, 6.45) is 1.39. The third kappa shape index (κ3) is 2.53. The molecule has 0 saturated heterocycles. The van der Waals surface area contributed by atoms with E-state index in [9.17, 15) is 8.42 Å². The van der Waals surface area contributed by atoms with Crippen LogP contribution in [0.25, 0.3) is 0 Å². The van der Waals surface area contributed by atoms with Crippen LogP contribution in [-0.2, 0) is 10.0 Å². The molecule has 0 unspecified atom stereocenters. The van der Waals surface area contributed by atoms with Crippen molar-refractivity contribution in [3.8, 4) is 11.5 Å². The van der Waals surface area contributed by atoms with Gasteiger partial charge in [0.15, 0.2) is 0 Å². The largest absolute Gasteiger partial charge is 0.496 e. The number of nitrogens with zero attached hydrogens (tertiary/aromatic N) is 2. The molecule has 0 saturated carbocycles. The van der Waals surface area contributed by atoms with Crippen LogP contribution >= 0.6 is 15.9 Å². The summed E-state index contributed by atoms with van der Waals surface area (Å²) in [6, 6.07) is 4.55. The first-order chi connectivity index (χ1) is 9.40. The Morgan fingerprint density at radius 3 is 2.35 bits per heavy atom. The average molecular weight is 361 g/mol. The molecule has 20 heavy (non-hydrogen) atoms. The quantitative estimate of drug-likeness (QED) is 0.835. The Labute approximate surface area is 125 Å². The Morgan fingerprint density at radius 2 is 1.85 bits per heavy atom. The van der Waals surface area contributed by atoms with E-state index in [1.807, 2.05) is 0 Å². The average Bonchev–Trinajstić information content (AvgIpc) is 2.85. The molecule has 1 aromatic carbocycles. The molecular formula is C12H13BrN2O4S. The Hall–Kier alpha value is -1.54. The van der Waals surface area contributed by atoms with E-state index in [0.717, 1.165) is 4.09 Å². The monoisotopic (exact) mass is 360 g/mol. The fourth-order valence-electron chi connectivity index (χ4n) is 1.66. The molecule has 0 aliphatic heterocycles. The summed E-state index contributed by atoms with van der Waals surface area (Å²) in [5.74, 6) is 0.610. The van der Waals surface area contributed by atoms with Gasteiger partial charge in [-0.2, -0.15) is 17.6 Å². The van der Waals surface area contributed by atoms with Crippen molar-refractivity contribution < 1.29 is 17.9 Å². The van der Waals surface area contributed by atoms with Gasteiger partial charge in [-0.15, -0.1) is 0 Å². The summed E-state index contributed by atoms with van der Waals surface area (Å²) >= 11 is 3.29. The van der Waals surface area contributed by atoms with E-state index in [2.05, 4.69) is 21.0 Å². The minimum atomic E-state index is -3.83. The van der Waals surface area contributed by atoms with Crippen molar-refractivity contribution in [2.75, 3.05) is 14.2 Å². The zero-order valence-corrected chi connectivity index (χ0v) is 13.5. The topological polar surface area (TPSA) is 70.4 Å². The summed E-state index contributed by atoms with van der Waals surface area (Å²) in [6.45, 7) is 1.71. The van der Waals surface area contributed by atoms with E-state index in [1.54, 1.807) is 19.1 Å². The molecule has 0 atom stereocenters. The summed E-state index contributed by atoms with van der Waals surface area (Å²) in [5, 5.41) is 3.93. The molecular weight excluding hydrogens is 348 g/mol. The molecule has 0 bridgehead atoms. The van der Waals surface area contributed by atoms with Gasteiger partial charge in [0.1, 0.15) is 16.4 Å². The second-order valence-electron chi connectivity index (χ2n) is 3.97. The van der Waals surface area contributed by atoms with Crippen molar-refractivity contribution >= 4 is 26.0 Å². The molecule has 0 spiro atoms. The molecule has 6 nitrogen and oxygen atoms in total. The summed E-state index contributed by atoms with van der Waals surface area (Å²) < 4.78 is 36.9. The summed E-state index contributed by atoms with van der Waals surface area (Å²) in [4.78, 5) is -0.0110. The van der Waals surface area contributed by atoms with Crippen LogP contribution < -0.4 is 9.47 Å². The van der Waals surface area contributed by atoms with Crippen molar-refractivity contribution in [3.63, 3.8) is 0 Å². The Balaban J connectivity index is 2.67. The van der Waals surface area contributed by atoms with Gasteiger partial charge in [-0.3, -0.25) is 0 Å². The summed E-state index contributed by atoms with van der Waals surface area (Å²) in [5.41, 5.74) is 0.608. The van der Waals surface area contributed by atoms with Crippen molar-refractivity contribution in [3.05, 3.63) is 34.6 Å². The molecule has 2 aromatic rings. The number of rotatable bonds is 4. The van der Waals surface area contributed by atoms with Crippen LogP contribution in [0.2, 0.25) is 0 Å². The van der Waals surface area contributed by atoms with Crippen molar-refractivity contribution in [2.24, 2.45) is 0 Å². The number of hydrogen-bond donors (Lipinski definition) is 0. The zero-order valence-electron chi connectivity index (χ0n) is 11.1. The van der Waals surface area contributed by atoms with E-state index in [0.29, 0.717) is 15.9 Å². The molecule has 8 heteroatoms. The highest BCUT2D eigenvalue weighted by atomic mass is 79.9. The highest BCUT2D eigenvalue weighted by molar-refractivity contribution is 9.10. The maximum absolute atomic E-state index is 12.6. The standard InChI is InChI=1S/C12H13BrN2O4S/c1-8-4-5-15(14-8)20(16,17)12-7-10(18-2)9(13)6-11(12)19-3/h4-7H,1-3H3. The minimum Gasteiger partial charge on any atom is -0.496 e. The molecule has 108 valence electrons. The molecule has 0 amide bonds. The molecule has 0 N–H and O–H groups in total. The molecule has 0 aliphatic carbocycles. The number of aromatic nitrogens is 2. The van der Waals surface area contributed by atoms with Gasteiger partial charge in [0.25, 0.3) is 10.0 Å². The lowest BCUT2D eigenvalue weighted by Gasteiger charge is -2.12.